The van der Waals surface area contributed by atoms with Gasteiger partial charge in [0.1, 0.15) is 0 Å². The molecule has 0 atom stereocenters. The third-order valence-electron chi connectivity index (χ3n) is 1.50. The van der Waals surface area contributed by atoms with Crippen LogP contribution in [-0.2, 0) is 4.74 Å². The second kappa shape index (κ2) is 10.4. The molecule has 3 nitrogen and oxygen atoms in total. The van der Waals surface area contributed by atoms with Gasteiger partial charge in [-0.15, -0.1) is 0 Å². The fourth-order valence-electron chi connectivity index (χ4n) is 0.831. The van der Waals surface area contributed by atoms with E-state index in [0.29, 0.717) is 6.42 Å². The maximum Gasteiger partial charge on any atom is 0.0621 e. The second-order valence-corrected chi connectivity index (χ2v) is 2.58. The summed E-state index contributed by atoms with van der Waals surface area (Å²) in [6.45, 7) is 5.56. The number of hydrogen-bond acceptors (Lipinski definition) is 3. The van der Waals surface area contributed by atoms with Gasteiger partial charge >= 0.3 is 0 Å². The van der Waals surface area contributed by atoms with Gasteiger partial charge in [0.05, 0.1) is 12.7 Å². The first kappa shape index (κ1) is 11.4. The molecule has 3 heteroatoms. The summed E-state index contributed by atoms with van der Waals surface area (Å²) >= 11 is 0. The van der Waals surface area contributed by atoms with Crippen LogP contribution in [0.4, 0.5) is 0 Å². The molecule has 0 radical (unpaired) electrons. The van der Waals surface area contributed by atoms with Gasteiger partial charge in [0, 0.05) is 19.6 Å². The number of unbranched alkanes of at least 4 members (excludes halogenated alkanes) is 2. The molecule has 0 rings (SSSR count). The van der Waals surface area contributed by atoms with Crippen LogP contribution in [0.25, 0.3) is 0 Å². The van der Waals surface area contributed by atoms with Gasteiger partial charge in [-0.1, -0.05) is 6.92 Å². The topological polar surface area (TPSA) is 45.0 Å². The van der Waals surface area contributed by atoms with E-state index in [-0.39, 0.29) is 0 Å². The van der Waals surface area contributed by atoms with Crippen LogP contribution in [0, 0.1) is 11.3 Å². The molecule has 0 saturated carbocycles. The summed E-state index contributed by atoms with van der Waals surface area (Å²) in [5, 5.41) is 11.4. The van der Waals surface area contributed by atoms with Crippen molar-refractivity contribution in [1.29, 1.82) is 5.26 Å². The van der Waals surface area contributed by atoms with Crippen LogP contribution in [0.2, 0.25) is 0 Å². The molecule has 0 bridgehead atoms. The Hall–Kier alpha value is -0.590. The molecule has 0 fully saturated rings. The molecule has 0 unspecified atom stereocenters. The molecule has 0 aliphatic rings. The average molecular weight is 170 g/mol. The summed E-state index contributed by atoms with van der Waals surface area (Å²) in [4.78, 5) is 0. The highest BCUT2D eigenvalue weighted by Crippen LogP contribution is 1.93. The van der Waals surface area contributed by atoms with Gasteiger partial charge < -0.3 is 10.1 Å². The van der Waals surface area contributed by atoms with Crippen molar-refractivity contribution in [2.24, 2.45) is 0 Å². The lowest BCUT2D eigenvalue weighted by atomic mass is 10.3. The molecular weight excluding hydrogens is 152 g/mol. The van der Waals surface area contributed by atoms with Crippen molar-refractivity contribution < 1.29 is 4.74 Å². The molecule has 0 saturated heterocycles. The molecule has 12 heavy (non-hydrogen) atoms. The molecule has 0 aromatic carbocycles. The zero-order chi connectivity index (χ0) is 9.07. The van der Waals surface area contributed by atoms with Crippen molar-refractivity contribution in [1.82, 2.24) is 5.32 Å². The Labute approximate surface area is 74.7 Å². The molecule has 0 aliphatic carbocycles. The van der Waals surface area contributed by atoms with E-state index in [1.807, 2.05) is 0 Å². The van der Waals surface area contributed by atoms with Crippen LogP contribution in [0.1, 0.15) is 26.2 Å². The first-order chi connectivity index (χ1) is 5.91. The highest BCUT2D eigenvalue weighted by Gasteiger charge is 1.88. The predicted octanol–water partition coefficient (Wildman–Crippen LogP) is 1.31. The zero-order valence-corrected chi connectivity index (χ0v) is 7.81. The minimum Gasteiger partial charge on any atom is -0.380 e. The largest absolute Gasteiger partial charge is 0.380 e. The zero-order valence-electron chi connectivity index (χ0n) is 7.81. The van der Waals surface area contributed by atoms with E-state index in [4.69, 9.17) is 10.00 Å². The molecule has 0 aromatic rings. The van der Waals surface area contributed by atoms with Crippen molar-refractivity contribution in [3.05, 3.63) is 0 Å². The van der Waals surface area contributed by atoms with E-state index < -0.39 is 0 Å². The van der Waals surface area contributed by atoms with Crippen LogP contribution in [0.15, 0.2) is 0 Å². The van der Waals surface area contributed by atoms with Gasteiger partial charge in [0.2, 0.25) is 0 Å². The van der Waals surface area contributed by atoms with Crippen LogP contribution in [0.3, 0.4) is 0 Å². The molecule has 0 spiro atoms. The van der Waals surface area contributed by atoms with Crippen molar-refractivity contribution in [3.63, 3.8) is 0 Å². The smallest absolute Gasteiger partial charge is 0.0621 e. The molecule has 0 amide bonds. The fraction of sp³-hybridized carbons (Fsp3) is 0.889. The summed E-state index contributed by atoms with van der Waals surface area (Å²) < 4.78 is 5.31. The lowest BCUT2D eigenvalue weighted by Gasteiger charge is -2.02. The fourth-order valence-corrected chi connectivity index (χ4v) is 0.831. The minimum atomic E-state index is 0.649. The van der Waals surface area contributed by atoms with Gasteiger partial charge in [-0.05, 0) is 19.4 Å². The summed E-state index contributed by atoms with van der Waals surface area (Å²) in [7, 11) is 0. The average Bonchev–Trinajstić information content (AvgIpc) is 2.10. The quantitative estimate of drug-likeness (QED) is 0.558. The van der Waals surface area contributed by atoms with Gasteiger partial charge in [-0.3, -0.25) is 0 Å². The lowest BCUT2D eigenvalue weighted by Crippen LogP contribution is -2.19. The number of ether oxygens (including phenoxy) is 1. The first-order valence-electron chi connectivity index (χ1n) is 4.57. The van der Waals surface area contributed by atoms with Crippen LogP contribution in [-0.4, -0.2) is 26.3 Å². The summed E-state index contributed by atoms with van der Waals surface area (Å²) in [5.41, 5.74) is 0. The Morgan fingerprint density at radius 2 is 2.17 bits per heavy atom. The standard InChI is InChI=1S/C9H18N2O/c1-2-11-7-9-12-8-5-3-4-6-10/h11H,2-5,7-9H2,1H3. The monoisotopic (exact) mass is 170 g/mol. The third-order valence-corrected chi connectivity index (χ3v) is 1.50. The number of hydrogen-bond donors (Lipinski definition) is 1. The Kier molecular flexibility index (Phi) is 9.90. The van der Waals surface area contributed by atoms with E-state index in [1.165, 1.54) is 0 Å². The number of nitrogens with zero attached hydrogens (tertiary/aromatic N) is 1. The maximum atomic E-state index is 8.24. The molecule has 70 valence electrons. The van der Waals surface area contributed by atoms with E-state index in [0.717, 1.165) is 39.1 Å². The SMILES string of the molecule is CCNCCOCCCCC#N. The van der Waals surface area contributed by atoms with Gasteiger partial charge in [0.15, 0.2) is 0 Å². The predicted molar refractivity (Wildman–Crippen MR) is 48.8 cm³/mol. The van der Waals surface area contributed by atoms with Crippen molar-refractivity contribution in [2.75, 3.05) is 26.3 Å². The maximum absolute atomic E-state index is 8.24. The van der Waals surface area contributed by atoms with Crippen LogP contribution >= 0.6 is 0 Å². The Balaban J connectivity index is 2.78. The summed E-state index contributed by atoms with van der Waals surface area (Å²) in [6.07, 6.45) is 2.61. The van der Waals surface area contributed by atoms with Crippen molar-refractivity contribution >= 4 is 0 Å². The van der Waals surface area contributed by atoms with E-state index in [9.17, 15) is 0 Å². The van der Waals surface area contributed by atoms with E-state index >= 15 is 0 Å². The van der Waals surface area contributed by atoms with Gasteiger partial charge in [-0.2, -0.15) is 5.26 Å². The number of likely N-dealkylation sites (N-methyl/N-ethyl adjacent to an activating group) is 1. The van der Waals surface area contributed by atoms with Crippen molar-refractivity contribution in [3.8, 4) is 6.07 Å². The minimum absolute atomic E-state index is 0.649. The summed E-state index contributed by atoms with van der Waals surface area (Å²) in [5.74, 6) is 0. The molecule has 1 N–H and O–H groups in total. The van der Waals surface area contributed by atoms with Gasteiger partial charge in [0.25, 0.3) is 0 Å². The Morgan fingerprint density at radius 3 is 2.83 bits per heavy atom. The highest BCUT2D eigenvalue weighted by atomic mass is 16.5. The summed E-state index contributed by atoms with van der Waals surface area (Å²) in [6, 6.07) is 2.11. The Morgan fingerprint density at radius 1 is 1.33 bits per heavy atom. The molecule has 0 aliphatic heterocycles. The molecule has 0 aromatic heterocycles. The first-order valence-corrected chi connectivity index (χ1v) is 4.57. The number of rotatable bonds is 8. The molecular formula is C9H18N2O. The molecule has 0 heterocycles. The highest BCUT2D eigenvalue weighted by molar-refractivity contribution is 4.67. The van der Waals surface area contributed by atoms with Crippen LogP contribution < -0.4 is 5.32 Å². The third kappa shape index (κ3) is 9.41. The van der Waals surface area contributed by atoms with Crippen molar-refractivity contribution in [2.45, 2.75) is 26.2 Å². The van der Waals surface area contributed by atoms with E-state index in [1.54, 1.807) is 0 Å². The van der Waals surface area contributed by atoms with Crippen LogP contribution in [0.5, 0.6) is 0 Å². The Bertz CT molecular complexity index is 120. The lowest BCUT2D eigenvalue weighted by molar-refractivity contribution is 0.133. The normalized spacial score (nSPS) is 9.67. The number of nitrogens with one attached hydrogen (secondary N) is 1. The van der Waals surface area contributed by atoms with E-state index in [2.05, 4.69) is 18.3 Å². The van der Waals surface area contributed by atoms with Gasteiger partial charge in [-0.25, -0.2) is 0 Å². The second-order valence-electron chi connectivity index (χ2n) is 2.58. The number of nitriles is 1.